The van der Waals surface area contributed by atoms with Gasteiger partial charge in [-0.1, -0.05) is 30.3 Å². The van der Waals surface area contributed by atoms with E-state index in [4.69, 9.17) is 23.4 Å². The molecule has 2 fully saturated rings. The maximum atomic E-state index is 12.7. The van der Waals surface area contributed by atoms with Gasteiger partial charge < -0.3 is 64.2 Å². The molecule has 2 unspecified atom stereocenters. The van der Waals surface area contributed by atoms with Crippen LogP contribution in [-0.4, -0.2) is 115 Å². The summed E-state index contributed by atoms with van der Waals surface area (Å²) >= 11 is 0. The van der Waals surface area contributed by atoms with Gasteiger partial charge >= 0.3 is 0 Å². The Bertz CT molecular complexity index is 1390. The van der Waals surface area contributed by atoms with Crippen LogP contribution < -0.4 is 10.2 Å². The first-order valence-corrected chi connectivity index (χ1v) is 12.7. The summed E-state index contributed by atoms with van der Waals surface area (Å²) in [7, 11) is 0. The molecule has 0 radical (unpaired) electrons. The van der Waals surface area contributed by atoms with Crippen LogP contribution in [0, 0.1) is 0 Å². The number of phenols is 1. The zero-order valence-corrected chi connectivity index (χ0v) is 21.3. The molecule has 2 aliphatic heterocycles. The summed E-state index contributed by atoms with van der Waals surface area (Å²) in [5.74, 6) is -0.346. The van der Waals surface area contributed by atoms with E-state index in [2.05, 4.69) is 0 Å². The molecule has 41 heavy (non-hydrogen) atoms. The van der Waals surface area contributed by atoms with Crippen LogP contribution in [0.15, 0.2) is 57.7 Å². The largest absolute Gasteiger partial charge is 0.507 e. The van der Waals surface area contributed by atoms with E-state index < -0.39 is 85.8 Å². The third-order valence-electron chi connectivity index (χ3n) is 7.05. The fourth-order valence-electron chi connectivity index (χ4n) is 4.84. The van der Waals surface area contributed by atoms with Crippen molar-refractivity contribution in [2.75, 3.05) is 13.2 Å². The number of aromatic hydroxyl groups is 1. The number of benzene rings is 2. The fraction of sp³-hybridized carbons (Fsp3) is 0.444. The van der Waals surface area contributed by atoms with Gasteiger partial charge in [-0.05, 0) is 0 Å². The molecule has 5 rings (SSSR count). The van der Waals surface area contributed by atoms with Crippen molar-refractivity contribution in [3.05, 3.63) is 58.8 Å². The first-order chi connectivity index (χ1) is 19.6. The van der Waals surface area contributed by atoms with E-state index in [1.807, 2.05) is 0 Å². The van der Waals surface area contributed by atoms with Crippen molar-refractivity contribution < 1.29 is 64.2 Å². The Hall–Kier alpha value is -3.15. The van der Waals surface area contributed by atoms with E-state index in [0.29, 0.717) is 5.56 Å². The molecule has 3 heterocycles. The molecule has 8 N–H and O–H groups in total. The number of rotatable bonds is 7. The molecule has 14 heteroatoms. The van der Waals surface area contributed by atoms with Gasteiger partial charge in [0.15, 0.2) is 11.7 Å². The summed E-state index contributed by atoms with van der Waals surface area (Å²) in [5, 5.41) is 81.5. The number of aliphatic hydroxyl groups excluding tert-OH is 7. The lowest BCUT2D eigenvalue weighted by Gasteiger charge is -2.45. The zero-order chi connectivity index (χ0) is 29.4. The van der Waals surface area contributed by atoms with Gasteiger partial charge in [0.05, 0.1) is 13.2 Å². The van der Waals surface area contributed by atoms with Gasteiger partial charge in [0.2, 0.25) is 6.29 Å². The van der Waals surface area contributed by atoms with Gasteiger partial charge in [-0.2, -0.15) is 0 Å². The molecule has 3 aromatic rings. The Balaban J connectivity index is 1.36. The normalized spacial score (nSPS) is 34.0. The average Bonchev–Trinajstić information content (AvgIpc) is 2.96. The minimum atomic E-state index is -1.81. The molecule has 10 atom stereocenters. The minimum absolute atomic E-state index is 0.0280. The van der Waals surface area contributed by atoms with Crippen LogP contribution in [0.2, 0.25) is 0 Å². The molecule has 0 spiro atoms. The summed E-state index contributed by atoms with van der Waals surface area (Å²) in [6, 6.07) is 12.4. The monoisotopic (exact) mass is 578 g/mol. The Morgan fingerprint density at radius 1 is 0.756 bits per heavy atom. The Morgan fingerprint density at radius 3 is 2.10 bits per heavy atom. The third kappa shape index (κ3) is 5.67. The van der Waals surface area contributed by atoms with Gasteiger partial charge in [0, 0.05) is 23.8 Å². The highest BCUT2D eigenvalue weighted by atomic mass is 16.7. The number of aliphatic hydroxyl groups is 7. The van der Waals surface area contributed by atoms with Crippen LogP contribution >= 0.6 is 0 Å². The molecule has 2 saturated heterocycles. The van der Waals surface area contributed by atoms with Crippen molar-refractivity contribution in [1.82, 2.24) is 0 Å². The van der Waals surface area contributed by atoms with Crippen molar-refractivity contribution in [3.8, 4) is 22.8 Å². The van der Waals surface area contributed by atoms with Crippen molar-refractivity contribution in [3.63, 3.8) is 0 Å². The minimum Gasteiger partial charge on any atom is -0.507 e. The molecule has 1 aromatic heterocycles. The lowest BCUT2D eigenvalue weighted by atomic mass is 9.97. The summed E-state index contributed by atoms with van der Waals surface area (Å²) in [6.45, 7) is -1.48. The lowest BCUT2D eigenvalue weighted by Crippen LogP contribution is -2.65. The standard InChI is InChI=1S/C27H30O14/c28-9-17-20(32)21(33)23(35)27(39-17)41-25-18(10-29)40-26(24(36)22(25)34)37-12-6-13(30)19-14(31)8-15(38-16(19)7-12)11-4-2-1-3-5-11/h1-8,17-18,20-30,32-36H,9-10H2/t17-,18-,20-,21+,22-,23-,24-,25-,26?,27?/m1/s1. The molecule has 0 aliphatic carbocycles. The van der Waals surface area contributed by atoms with Crippen molar-refractivity contribution in [2.24, 2.45) is 0 Å². The third-order valence-corrected chi connectivity index (χ3v) is 7.05. The number of hydrogen-bond acceptors (Lipinski definition) is 14. The van der Waals surface area contributed by atoms with E-state index in [9.17, 15) is 45.6 Å². The number of phenolic OH excluding ortho intramolecular Hbond substituents is 1. The number of hydrogen-bond donors (Lipinski definition) is 8. The van der Waals surface area contributed by atoms with E-state index in [-0.39, 0.29) is 22.5 Å². The molecule has 14 nitrogen and oxygen atoms in total. The van der Waals surface area contributed by atoms with Crippen LogP contribution in [-0.2, 0) is 14.2 Å². The van der Waals surface area contributed by atoms with Gasteiger partial charge in [-0.3, -0.25) is 4.79 Å². The van der Waals surface area contributed by atoms with Crippen LogP contribution in [0.3, 0.4) is 0 Å². The fourth-order valence-corrected chi connectivity index (χ4v) is 4.84. The van der Waals surface area contributed by atoms with Crippen molar-refractivity contribution in [2.45, 2.75) is 61.4 Å². The molecular weight excluding hydrogens is 548 g/mol. The number of fused-ring (bicyclic) bond motifs is 1. The molecule has 0 amide bonds. The van der Waals surface area contributed by atoms with Gasteiger partial charge in [-0.25, -0.2) is 0 Å². The predicted octanol–water partition coefficient (Wildman–Crippen LogP) is -1.83. The van der Waals surface area contributed by atoms with E-state index >= 15 is 0 Å². The van der Waals surface area contributed by atoms with Crippen molar-refractivity contribution in [1.29, 1.82) is 0 Å². The lowest BCUT2D eigenvalue weighted by molar-refractivity contribution is -0.352. The smallest absolute Gasteiger partial charge is 0.229 e. The highest BCUT2D eigenvalue weighted by Gasteiger charge is 2.51. The van der Waals surface area contributed by atoms with E-state index in [1.165, 1.54) is 12.1 Å². The molecule has 0 bridgehead atoms. The van der Waals surface area contributed by atoms with E-state index in [0.717, 1.165) is 6.07 Å². The van der Waals surface area contributed by atoms with Gasteiger partial charge in [-0.15, -0.1) is 0 Å². The summed E-state index contributed by atoms with van der Waals surface area (Å²) in [4.78, 5) is 12.7. The van der Waals surface area contributed by atoms with E-state index in [1.54, 1.807) is 30.3 Å². The van der Waals surface area contributed by atoms with Crippen LogP contribution in [0.1, 0.15) is 0 Å². The second-order valence-corrected chi connectivity index (χ2v) is 9.78. The van der Waals surface area contributed by atoms with Crippen LogP contribution in [0.25, 0.3) is 22.3 Å². The first-order valence-electron chi connectivity index (χ1n) is 12.7. The SMILES string of the molecule is O=c1cc(-c2ccccc2)oc2cc(OC3O[C@H](CO)[C@@H](OC4O[C@H](CO)[C@@H](O)[C@H](O)[C@H]4O)[C@H](O)[C@H]3O)cc(O)c12. The highest BCUT2D eigenvalue weighted by molar-refractivity contribution is 5.86. The second-order valence-electron chi connectivity index (χ2n) is 9.78. The van der Waals surface area contributed by atoms with Crippen LogP contribution in [0.4, 0.5) is 0 Å². The Morgan fingerprint density at radius 2 is 1.41 bits per heavy atom. The zero-order valence-electron chi connectivity index (χ0n) is 21.3. The summed E-state index contributed by atoms with van der Waals surface area (Å²) in [6.07, 6.45) is -16.3. The summed E-state index contributed by atoms with van der Waals surface area (Å²) < 4.78 is 27.9. The number of ether oxygens (including phenoxy) is 4. The highest BCUT2D eigenvalue weighted by Crippen LogP contribution is 2.34. The van der Waals surface area contributed by atoms with Crippen molar-refractivity contribution >= 4 is 11.0 Å². The Labute approximate surface area is 231 Å². The maximum absolute atomic E-state index is 12.7. The summed E-state index contributed by atoms with van der Waals surface area (Å²) in [5.41, 5.74) is 0.0782. The van der Waals surface area contributed by atoms with Gasteiger partial charge in [0.25, 0.3) is 0 Å². The molecule has 222 valence electrons. The van der Waals surface area contributed by atoms with Crippen LogP contribution in [0.5, 0.6) is 11.5 Å². The van der Waals surface area contributed by atoms with Gasteiger partial charge in [0.1, 0.15) is 77.1 Å². The second kappa shape index (κ2) is 12.0. The average molecular weight is 579 g/mol. The topological polar surface area (TPSA) is 229 Å². The molecule has 2 aliphatic rings. The first kappa shape index (κ1) is 29.3. The maximum Gasteiger partial charge on any atom is 0.229 e. The molecular formula is C27H30O14. The predicted molar refractivity (Wildman–Crippen MR) is 137 cm³/mol. The Kier molecular flexibility index (Phi) is 8.58. The molecule has 0 saturated carbocycles. The molecule has 2 aromatic carbocycles. The quantitative estimate of drug-likeness (QED) is 0.154.